The van der Waals surface area contributed by atoms with Gasteiger partial charge in [0.25, 0.3) is 5.56 Å². The summed E-state index contributed by atoms with van der Waals surface area (Å²) in [4.78, 5) is 14.4. The standard InChI is InChI=1S/C15H25ClN4O/c1-4-20-15(21)14(16)13(9-18-20)19(11(2)3)10-12-6-5-7-17-8-12/h9,11-12,17H,4-8,10H2,1-3H3. The Bertz CT molecular complexity index is 523. The molecule has 1 aliphatic heterocycles. The maximum Gasteiger partial charge on any atom is 0.287 e. The summed E-state index contributed by atoms with van der Waals surface area (Å²) in [5, 5.41) is 7.93. The third kappa shape index (κ3) is 3.77. The molecule has 1 aliphatic rings. The van der Waals surface area contributed by atoms with Crippen molar-refractivity contribution in [2.24, 2.45) is 5.92 Å². The van der Waals surface area contributed by atoms with Crippen molar-refractivity contribution in [1.29, 1.82) is 0 Å². The van der Waals surface area contributed by atoms with Crippen LogP contribution in [0.25, 0.3) is 0 Å². The van der Waals surface area contributed by atoms with E-state index < -0.39 is 0 Å². The van der Waals surface area contributed by atoms with Gasteiger partial charge in [0, 0.05) is 19.1 Å². The molecule has 2 heterocycles. The first-order chi connectivity index (χ1) is 10.0. The molecule has 0 amide bonds. The monoisotopic (exact) mass is 312 g/mol. The molecule has 0 aliphatic carbocycles. The van der Waals surface area contributed by atoms with Gasteiger partial charge in [-0.05, 0) is 52.6 Å². The molecule has 0 spiro atoms. The van der Waals surface area contributed by atoms with E-state index in [0.717, 1.165) is 25.3 Å². The number of aryl methyl sites for hydroxylation is 1. The van der Waals surface area contributed by atoms with Crippen LogP contribution >= 0.6 is 11.6 Å². The Morgan fingerprint density at radius 3 is 2.90 bits per heavy atom. The first-order valence-electron chi connectivity index (χ1n) is 7.77. The number of aromatic nitrogens is 2. The van der Waals surface area contributed by atoms with E-state index in [1.54, 1.807) is 6.20 Å². The summed E-state index contributed by atoms with van der Waals surface area (Å²) in [6.07, 6.45) is 4.15. The normalized spacial score (nSPS) is 19.0. The molecule has 0 radical (unpaired) electrons. The van der Waals surface area contributed by atoms with Gasteiger partial charge in [-0.3, -0.25) is 4.79 Å². The zero-order valence-electron chi connectivity index (χ0n) is 13.1. The van der Waals surface area contributed by atoms with Gasteiger partial charge < -0.3 is 10.2 Å². The van der Waals surface area contributed by atoms with Crippen molar-refractivity contribution in [3.05, 3.63) is 21.6 Å². The summed E-state index contributed by atoms with van der Waals surface area (Å²) in [7, 11) is 0. The smallest absolute Gasteiger partial charge is 0.287 e. The van der Waals surface area contributed by atoms with Crippen molar-refractivity contribution >= 4 is 17.3 Å². The number of halogens is 1. The summed E-state index contributed by atoms with van der Waals surface area (Å²) < 4.78 is 1.40. The summed E-state index contributed by atoms with van der Waals surface area (Å²) in [6.45, 7) is 9.70. The molecule has 2 rings (SSSR count). The van der Waals surface area contributed by atoms with E-state index in [9.17, 15) is 4.79 Å². The second kappa shape index (κ2) is 7.27. The molecule has 21 heavy (non-hydrogen) atoms. The number of nitrogens with zero attached hydrogens (tertiary/aromatic N) is 3. The Hall–Kier alpha value is -1.07. The number of piperidine rings is 1. The van der Waals surface area contributed by atoms with Gasteiger partial charge in [0.15, 0.2) is 0 Å². The van der Waals surface area contributed by atoms with Gasteiger partial charge in [-0.15, -0.1) is 0 Å². The Morgan fingerprint density at radius 1 is 1.57 bits per heavy atom. The van der Waals surface area contributed by atoms with Crippen LogP contribution in [-0.4, -0.2) is 35.5 Å². The first kappa shape index (κ1) is 16.3. The van der Waals surface area contributed by atoms with Crippen LogP contribution in [0.5, 0.6) is 0 Å². The quantitative estimate of drug-likeness (QED) is 0.905. The Labute approximate surface area is 131 Å². The van der Waals surface area contributed by atoms with Gasteiger partial charge in [0.2, 0.25) is 0 Å². The highest BCUT2D eigenvalue weighted by Gasteiger charge is 2.22. The molecule has 5 nitrogen and oxygen atoms in total. The minimum absolute atomic E-state index is 0.205. The highest BCUT2D eigenvalue weighted by molar-refractivity contribution is 6.33. The van der Waals surface area contributed by atoms with Crippen molar-refractivity contribution in [2.75, 3.05) is 24.5 Å². The molecule has 1 aromatic rings. The number of anilines is 1. The van der Waals surface area contributed by atoms with Crippen LogP contribution in [0.3, 0.4) is 0 Å². The molecule has 1 N–H and O–H groups in total. The number of nitrogens with one attached hydrogen (secondary N) is 1. The molecule has 0 aromatic carbocycles. The van der Waals surface area contributed by atoms with Crippen molar-refractivity contribution in [3.8, 4) is 0 Å². The highest BCUT2D eigenvalue weighted by Crippen LogP contribution is 2.25. The van der Waals surface area contributed by atoms with E-state index in [1.165, 1.54) is 17.5 Å². The summed E-state index contributed by atoms with van der Waals surface area (Å²) in [5.74, 6) is 0.589. The van der Waals surface area contributed by atoms with E-state index in [-0.39, 0.29) is 16.6 Å². The van der Waals surface area contributed by atoms with Crippen LogP contribution in [0.15, 0.2) is 11.0 Å². The second-order valence-electron chi connectivity index (χ2n) is 5.92. The molecular formula is C15H25ClN4O. The minimum atomic E-state index is -0.205. The molecule has 0 bridgehead atoms. The number of hydrogen-bond acceptors (Lipinski definition) is 4. The lowest BCUT2D eigenvalue weighted by Gasteiger charge is -2.34. The largest absolute Gasteiger partial charge is 0.366 e. The van der Waals surface area contributed by atoms with E-state index in [4.69, 9.17) is 11.6 Å². The van der Waals surface area contributed by atoms with E-state index >= 15 is 0 Å². The lowest BCUT2D eigenvalue weighted by Crippen LogP contribution is -2.42. The number of hydrogen-bond donors (Lipinski definition) is 1. The molecule has 1 unspecified atom stereocenters. The van der Waals surface area contributed by atoms with Crippen molar-refractivity contribution < 1.29 is 0 Å². The van der Waals surface area contributed by atoms with Crippen LogP contribution in [-0.2, 0) is 6.54 Å². The summed E-state index contributed by atoms with van der Waals surface area (Å²) >= 11 is 6.30. The molecule has 1 fully saturated rings. The lowest BCUT2D eigenvalue weighted by atomic mass is 9.98. The average Bonchev–Trinajstić information content (AvgIpc) is 2.49. The molecule has 1 aromatic heterocycles. The molecule has 6 heteroatoms. The van der Waals surface area contributed by atoms with Crippen LogP contribution in [0.2, 0.25) is 5.02 Å². The maximum absolute atomic E-state index is 12.2. The Balaban J connectivity index is 2.25. The first-order valence-corrected chi connectivity index (χ1v) is 8.15. The van der Waals surface area contributed by atoms with Crippen molar-refractivity contribution in [3.63, 3.8) is 0 Å². The van der Waals surface area contributed by atoms with E-state index in [1.807, 2.05) is 6.92 Å². The number of rotatable bonds is 5. The second-order valence-corrected chi connectivity index (χ2v) is 6.30. The predicted molar refractivity (Wildman–Crippen MR) is 87.3 cm³/mol. The fourth-order valence-corrected chi connectivity index (χ4v) is 3.08. The third-order valence-corrected chi connectivity index (χ3v) is 4.41. The summed E-state index contributed by atoms with van der Waals surface area (Å²) in [5.41, 5.74) is 0.552. The maximum atomic E-state index is 12.2. The SMILES string of the molecule is CCn1ncc(N(CC2CCCNC2)C(C)C)c(Cl)c1=O. The van der Waals surface area contributed by atoms with Crippen LogP contribution < -0.4 is 15.8 Å². The van der Waals surface area contributed by atoms with Crippen LogP contribution in [0.4, 0.5) is 5.69 Å². The third-order valence-electron chi connectivity index (χ3n) is 4.05. The summed E-state index contributed by atoms with van der Waals surface area (Å²) in [6, 6.07) is 0.281. The fraction of sp³-hybridized carbons (Fsp3) is 0.733. The zero-order chi connectivity index (χ0) is 15.4. The molecule has 1 saturated heterocycles. The Kier molecular flexibility index (Phi) is 5.65. The Morgan fingerprint density at radius 2 is 2.33 bits per heavy atom. The van der Waals surface area contributed by atoms with Crippen LogP contribution in [0.1, 0.15) is 33.6 Å². The van der Waals surface area contributed by atoms with E-state index in [0.29, 0.717) is 12.5 Å². The molecule has 1 atom stereocenters. The van der Waals surface area contributed by atoms with E-state index in [2.05, 4.69) is 29.2 Å². The van der Waals surface area contributed by atoms with Gasteiger partial charge in [-0.25, -0.2) is 4.68 Å². The lowest BCUT2D eigenvalue weighted by molar-refractivity contribution is 0.371. The zero-order valence-corrected chi connectivity index (χ0v) is 13.9. The molecule has 118 valence electrons. The predicted octanol–water partition coefficient (Wildman–Crippen LogP) is 2.13. The highest BCUT2D eigenvalue weighted by atomic mass is 35.5. The van der Waals surface area contributed by atoms with Gasteiger partial charge in [0.1, 0.15) is 5.02 Å². The van der Waals surface area contributed by atoms with Gasteiger partial charge >= 0.3 is 0 Å². The van der Waals surface area contributed by atoms with Gasteiger partial charge in [-0.1, -0.05) is 11.6 Å². The van der Waals surface area contributed by atoms with Gasteiger partial charge in [0.05, 0.1) is 11.9 Å². The van der Waals surface area contributed by atoms with Gasteiger partial charge in [-0.2, -0.15) is 5.10 Å². The van der Waals surface area contributed by atoms with Crippen molar-refractivity contribution in [1.82, 2.24) is 15.1 Å². The van der Waals surface area contributed by atoms with Crippen LogP contribution in [0, 0.1) is 5.92 Å². The topological polar surface area (TPSA) is 50.2 Å². The average molecular weight is 313 g/mol. The minimum Gasteiger partial charge on any atom is -0.366 e. The fourth-order valence-electron chi connectivity index (χ4n) is 2.83. The molecular weight excluding hydrogens is 288 g/mol. The molecule has 0 saturated carbocycles. The van der Waals surface area contributed by atoms with Crippen molar-refractivity contribution in [2.45, 2.75) is 46.2 Å².